The first-order valence-electron chi connectivity index (χ1n) is 9.29. The molecule has 0 aliphatic carbocycles. The van der Waals surface area contributed by atoms with E-state index in [4.69, 9.17) is 4.74 Å². The smallest absolute Gasteiger partial charge is 0.341 e. The van der Waals surface area contributed by atoms with E-state index in [1.165, 1.54) is 34.4 Å². The summed E-state index contributed by atoms with van der Waals surface area (Å²) in [4.78, 5) is 25.8. The van der Waals surface area contributed by atoms with E-state index in [1.807, 2.05) is 13.8 Å². The third kappa shape index (κ3) is 6.18. The topological polar surface area (TPSA) is 93.2 Å². The number of rotatable bonds is 11. The van der Waals surface area contributed by atoms with Gasteiger partial charge in [-0.25, -0.2) is 4.79 Å². The van der Waals surface area contributed by atoms with Gasteiger partial charge < -0.3 is 15.4 Å². The van der Waals surface area contributed by atoms with Gasteiger partial charge in [-0.2, -0.15) is 0 Å². The van der Waals surface area contributed by atoms with Crippen LogP contribution in [0.4, 0.5) is 10.1 Å². The summed E-state index contributed by atoms with van der Waals surface area (Å²) in [5.74, 6) is -0.384. The number of anilines is 2. The summed E-state index contributed by atoms with van der Waals surface area (Å²) in [6, 6.07) is 0. The van der Waals surface area contributed by atoms with E-state index in [0.717, 1.165) is 45.7 Å². The molecule has 2 N–H and O–H groups in total. The van der Waals surface area contributed by atoms with Crippen LogP contribution < -0.4 is 10.6 Å². The molecular weight excluding hydrogens is 416 g/mol. The first kappa shape index (κ1) is 22.6. The number of carbonyl (C=O) groups is 2. The van der Waals surface area contributed by atoms with E-state index in [-0.39, 0.29) is 11.7 Å². The highest BCUT2D eigenvalue weighted by Crippen LogP contribution is 2.34. The lowest BCUT2D eigenvalue weighted by Crippen LogP contribution is -2.16. The maximum Gasteiger partial charge on any atom is 0.341 e. The molecule has 0 bridgehead atoms. The first-order valence-corrected chi connectivity index (χ1v) is 11.9. The van der Waals surface area contributed by atoms with Crippen molar-refractivity contribution in [1.29, 1.82) is 0 Å². The van der Waals surface area contributed by atoms with Crippen LogP contribution in [0.1, 0.15) is 54.4 Å². The summed E-state index contributed by atoms with van der Waals surface area (Å²) in [7, 11) is 0. The summed E-state index contributed by atoms with van der Waals surface area (Å²) in [5, 5.41) is 15.6. The highest BCUT2D eigenvalue weighted by molar-refractivity contribution is 8.01. The first-order chi connectivity index (χ1) is 13.5. The van der Waals surface area contributed by atoms with Gasteiger partial charge in [0.05, 0.1) is 17.9 Å². The van der Waals surface area contributed by atoms with Crippen LogP contribution in [0.15, 0.2) is 4.34 Å². The minimum absolute atomic E-state index is 0.185. The zero-order valence-corrected chi connectivity index (χ0v) is 19.0. The molecule has 0 saturated heterocycles. The van der Waals surface area contributed by atoms with E-state index in [2.05, 4.69) is 27.8 Å². The van der Waals surface area contributed by atoms with Crippen molar-refractivity contribution in [2.75, 3.05) is 29.5 Å². The lowest BCUT2D eigenvalue weighted by atomic mass is 10.1. The lowest BCUT2D eigenvalue weighted by Gasteiger charge is -2.06. The van der Waals surface area contributed by atoms with Crippen molar-refractivity contribution in [3.8, 4) is 0 Å². The number of hydrogen-bond donors (Lipinski definition) is 2. The van der Waals surface area contributed by atoms with Crippen LogP contribution in [-0.4, -0.2) is 41.0 Å². The fourth-order valence-corrected chi connectivity index (χ4v) is 5.16. The lowest BCUT2D eigenvalue weighted by molar-refractivity contribution is -0.113. The zero-order valence-electron chi connectivity index (χ0n) is 16.6. The Balaban J connectivity index is 1.96. The van der Waals surface area contributed by atoms with E-state index in [0.29, 0.717) is 17.2 Å². The van der Waals surface area contributed by atoms with Crippen LogP contribution in [0.3, 0.4) is 0 Å². The number of unbranched alkanes of at least 4 members (excludes halogenated alkanes) is 1. The van der Waals surface area contributed by atoms with Gasteiger partial charge >= 0.3 is 5.97 Å². The molecule has 0 unspecified atom stereocenters. The molecule has 0 radical (unpaired) electrons. The second-order valence-corrected chi connectivity index (χ2v) is 9.22. The molecule has 154 valence electrons. The second-order valence-electron chi connectivity index (χ2n) is 5.92. The molecule has 0 aromatic carbocycles. The molecule has 0 aliphatic rings. The number of thioether (sulfide) groups is 1. The second kappa shape index (κ2) is 11.4. The van der Waals surface area contributed by atoms with Crippen LogP contribution in [0.25, 0.3) is 0 Å². The quantitative estimate of drug-likeness (QED) is 0.299. The molecule has 2 aromatic heterocycles. The molecule has 0 atom stereocenters. The standard InChI is InChI=1S/C18H26N4O3S3/c1-5-8-9-19-17-21-22-18(28-17)26-10-13(23)20-15-14(16(24)25-7-3)11(4)12(6-2)27-15/h5-10H2,1-4H3,(H,19,21)(H,20,23). The SMILES string of the molecule is CCCCNc1nnc(SCC(=O)Nc2sc(CC)c(C)c2C(=O)OCC)s1. The Morgan fingerprint density at radius 3 is 2.64 bits per heavy atom. The molecule has 2 heterocycles. The summed E-state index contributed by atoms with van der Waals surface area (Å²) in [6.45, 7) is 8.97. The van der Waals surface area contributed by atoms with Crippen LogP contribution in [0, 0.1) is 6.92 Å². The third-order valence-corrected chi connectivity index (χ3v) is 7.20. The number of amides is 1. The maximum atomic E-state index is 12.4. The van der Waals surface area contributed by atoms with Crippen molar-refractivity contribution in [2.45, 2.75) is 51.3 Å². The Labute approximate surface area is 177 Å². The molecule has 0 aliphatic heterocycles. The summed E-state index contributed by atoms with van der Waals surface area (Å²) in [5.41, 5.74) is 1.33. The van der Waals surface area contributed by atoms with Gasteiger partial charge in [0.1, 0.15) is 5.00 Å². The monoisotopic (exact) mass is 442 g/mol. The molecule has 7 nitrogen and oxygen atoms in total. The van der Waals surface area contributed by atoms with Crippen LogP contribution in [0.2, 0.25) is 0 Å². The normalized spacial score (nSPS) is 10.7. The molecule has 28 heavy (non-hydrogen) atoms. The Morgan fingerprint density at radius 1 is 1.18 bits per heavy atom. The van der Waals surface area contributed by atoms with E-state index in [1.54, 1.807) is 6.92 Å². The fourth-order valence-electron chi connectivity index (χ4n) is 2.44. The largest absolute Gasteiger partial charge is 0.462 e. The summed E-state index contributed by atoms with van der Waals surface area (Å²) >= 11 is 4.19. The van der Waals surface area contributed by atoms with Gasteiger partial charge in [-0.3, -0.25) is 4.79 Å². The van der Waals surface area contributed by atoms with Crippen LogP contribution >= 0.6 is 34.4 Å². The molecule has 0 fully saturated rings. The van der Waals surface area contributed by atoms with Crippen molar-refractivity contribution in [1.82, 2.24) is 10.2 Å². The average Bonchev–Trinajstić information content (AvgIpc) is 3.24. The number of nitrogens with one attached hydrogen (secondary N) is 2. The average molecular weight is 443 g/mol. The van der Waals surface area contributed by atoms with Gasteiger partial charge in [-0.15, -0.1) is 21.5 Å². The van der Waals surface area contributed by atoms with Crippen molar-refractivity contribution in [3.63, 3.8) is 0 Å². The molecule has 2 rings (SSSR count). The van der Waals surface area contributed by atoms with E-state index >= 15 is 0 Å². The minimum Gasteiger partial charge on any atom is -0.462 e. The number of thiophene rings is 1. The number of carbonyl (C=O) groups excluding carboxylic acids is 2. The Kier molecular flexibility index (Phi) is 9.20. The summed E-state index contributed by atoms with van der Waals surface area (Å²) in [6.07, 6.45) is 2.99. The molecule has 0 saturated carbocycles. The van der Waals surface area contributed by atoms with Crippen molar-refractivity contribution < 1.29 is 14.3 Å². The number of nitrogens with zero attached hydrogens (tertiary/aromatic N) is 2. The number of hydrogen-bond acceptors (Lipinski definition) is 9. The van der Waals surface area contributed by atoms with E-state index in [9.17, 15) is 9.59 Å². The molecular formula is C18H26N4O3S3. The summed E-state index contributed by atoms with van der Waals surface area (Å²) < 4.78 is 5.88. The van der Waals surface area contributed by atoms with Crippen molar-refractivity contribution in [3.05, 3.63) is 16.0 Å². The van der Waals surface area contributed by atoms with E-state index < -0.39 is 5.97 Å². The Morgan fingerprint density at radius 2 is 1.96 bits per heavy atom. The van der Waals surface area contributed by atoms with Crippen molar-refractivity contribution >= 4 is 56.4 Å². The van der Waals surface area contributed by atoms with Gasteiger partial charge in [-0.1, -0.05) is 43.4 Å². The number of esters is 1. The number of aromatic nitrogens is 2. The third-order valence-electron chi connectivity index (χ3n) is 3.84. The maximum absolute atomic E-state index is 12.4. The highest BCUT2D eigenvalue weighted by atomic mass is 32.2. The van der Waals surface area contributed by atoms with Gasteiger partial charge in [0.15, 0.2) is 4.34 Å². The Bertz CT molecular complexity index is 804. The van der Waals surface area contributed by atoms with Gasteiger partial charge in [-0.05, 0) is 32.3 Å². The van der Waals surface area contributed by atoms with Crippen LogP contribution in [-0.2, 0) is 16.0 Å². The predicted molar refractivity (Wildman–Crippen MR) is 117 cm³/mol. The van der Waals surface area contributed by atoms with Crippen molar-refractivity contribution in [2.24, 2.45) is 0 Å². The zero-order chi connectivity index (χ0) is 20.5. The molecule has 2 aromatic rings. The number of aryl methyl sites for hydroxylation is 1. The van der Waals surface area contributed by atoms with Gasteiger partial charge in [0, 0.05) is 11.4 Å². The minimum atomic E-state index is -0.397. The molecule has 0 spiro atoms. The van der Waals surface area contributed by atoms with Crippen LogP contribution in [0.5, 0.6) is 0 Å². The fraction of sp³-hybridized carbons (Fsp3) is 0.556. The Hall–Kier alpha value is -1.65. The highest BCUT2D eigenvalue weighted by Gasteiger charge is 2.23. The predicted octanol–water partition coefficient (Wildman–Crippen LogP) is 4.59. The van der Waals surface area contributed by atoms with Gasteiger partial charge in [0.25, 0.3) is 0 Å². The molecule has 10 heteroatoms. The molecule has 1 amide bonds. The van der Waals surface area contributed by atoms with Gasteiger partial charge in [0.2, 0.25) is 11.0 Å². The number of ether oxygens (including phenoxy) is 1.